The third-order valence-electron chi connectivity index (χ3n) is 3.04. The fourth-order valence-electron chi connectivity index (χ4n) is 1.95. The van der Waals surface area contributed by atoms with Gasteiger partial charge in [0.2, 0.25) is 0 Å². The third kappa shape index (κ3) is 2.96. The summed E-state index contributed by atoms with van der Waals surface area (Å²) in [5.74, 6) is -0.347. The van der Waals surface area contributed by atoms with Crippen molar-refractivity contribution in [2.45, 2.75) is 33.0 Å². The summed E-state index contributed by atoms with van der Waals surface area (Å²) in [7, 11) is 0. The van der Waals surface area contributed by atoms with Gasteiger partial charge in [-0.3, -0.25) is 0 Å². The van der Waals surface area contributed by atoms with Gasteiger partial charge in [0.15, 0.2) is 0 Å². The Morgan fingerprint density at radius 1 is 1.32 bits per heavy atom. The first kappa shape index (κ1) is 13.6. The molecule has 102 valence electrons. The van der Waals surface area contributed by atoms with Crippen LogP contribution in [-0.4, -0.2) is 14.8 Å². The van der Waals surface area contributed by atoms with Gasteiger partial charge in [0, 0.05) is 18.2 Å². The molecule has 1 heterocycles. The van der Waals surface area contributed by atoms with Crippen LogP contribution < -0.4 is 5.32 Å². The second kappa shape index (κ2) is 5.88. The van der Waals surface area contributed by atoms with Gasteiger partial charge < -0.3 is 9.88 Å². The van der Waals surface area contributed by atoms with Crippen LogP contribution in [0.2, 0.25) is 0 Å². The van der Waals surface area contributed by atoms with Crippen molar-refractivity contribution in [1.29, 1.82) is 0 Å². The summed E-state index contributed by atoms with van der Waals surface area (Å²) in [5, 5.41) is 10.8. The van der Waals surface area contributed by atoms with Crippen LogP contribution in [0.1, 0.15) is 31.3 Å². The molecule has 1 N–H and O–H groups in total. The number of benzene rings is 1. The molecule has 2 aromatic rings. The van der Waals surface area contributed by atoms with Crippen molar-refractivity contribution in [3.63, 3.8) is 0 Å². The van der Waals surface area contributed by atoms with E-state index < -0.39 is 17.7 Å². The Morgan fingerprint density at radius 3 is 2.63 bits per heavy atom. The molecule has 6 heteroatoms. The highest BCUT2D eigenvalue weighted by molar-refractivity contribution is 5.22. The highest BCUT2D eigenvalue weighted by atomic mass is 19.1. The largest absolute Gasteiger partial charge is 0.317 e. The van der Waals surface area contributed by atoms with E-state index in [-0.39, 0.29) is 5.56 Å². The van der Waals surface area contributed by atoms with E-state index >= 15 is 0 Å². The minimum absolute atomic E-state index is 0.0464. The molecule has 0 fully saturated rings. The fourth-order valence-corrected chi connectivity index (χ4v) is 1.95. The van der Waals surface area contributed by atoms with Crippen molar-refractivity contribution in [1.82, 2.24) is 20.1 Å². The minimum Gasteiger partial charge on any atom is -0.317 e. The molecule has 2 rings (SSSR count). The summed E-state index contributed by atoms with van der Waals surface area (Å²) in [5.41, 5.74) is 0.0464. The van der Waals surface area contributed by atoms with Crippen molar-refractivity contribution in [2.24, 2.45) is 0 Å². The smallest absolute Gasteiger partial charge is 0.146 e. The molecule has 1 aromatic heterocycles. The van der Waals surface area contributed by atoms with Crippen molar-refractivity contribution in [2.75, 3.05) is 0 Å². The maximum Gasteiger partial charge on any atom is 0.146 e. The SMILES string of the molecule is CCn1cnnc1CNC(C)c1c(F)cccc1F. The highest BCUT2D eigenvalue weighted by Gasteiger charge is 2.16. The van der Waals surface area contributed by atoms with Crippen LogP contribution in [0.15, 0.2) is 24.5 Å². The Bertz CT molecular complexity index is 533. The minimum atomic E-state index is -0.544. The molecule has 0 aliphatic heterocycles. The lowest BCUT2D eigenvalue weighted by atomic mass is 10.1. The quantitative estimate of drug-likeness (QED) is 0.903. The second-order valence-electron chi connectivity index (χ2n) is 4.27. The Labute approximate surface area is 110 Å². The van der Waals surface area contributed by atoms with Crippen LogP contribution in [0, 0.1) is 11.6 Å². The van der Waals surface area contributed by atoms with Gasteiger partial charge in [0.1, 0.15) is 23.8 Å². The van der Waals surface area contributed by atoms with Gasteiger partial charge in [-0.2, -0.15) is 0 Å². The van der Waals surface area contributed by atoms with Crippen LogP contribution in [0.25, 0.3) is 0 Å². The lowest BCUT2D eigenvalue weighted by Crippen LogP contribution is -2.22. The lowest BCUT2D eigenvalue weighted by molar-refractivity contribution is 0.477. The first-order valence-electron chi connectivity index (χ1n) is 6.17. The van der Waals surface area contributed by atoms with Gasteiger partial charge in [-0.15, -0.1) is 10.2 Å². The monoisotopic (exact) mass is 266 g/mol. The Hall–Kier alpha value is -1.82. The molecule has 0 amide bonds. The van der Waals surface area contributed by atoms with Crippen LogP contribution in [-0.2, 0) is 13.1 Å². The number of aryl methyl sites for hydroxylation is 1. The van der Waals surface area contributed by atoms with Gasteiger partial charge >= 0.3 is 0 Å². The van der Waals surface area contributed by atoms with Gasteiger partial charge in [0.25, 0.3) is 0 Å². The number of nitrogens with one attached hydrogen (secondary N) is 1. The van der Waals surface area contributed by atoms with Crippen molar-refractivity contribution >= 4 is 0 Å². The Morgan fingerprint density at radius 2 is 2.00 bits per heavy atom. The van der Waals surface area contributed by atoms with Gasteiger partial charge in [-0.1, -0.05) is 6.07 Å². The van der Waals surface area contributed by atoms with Crippen molar-refractivity contribution in [3.8, 4) is 0 Å². The third-order valence-corrected chi connectivity index (χ3v) is 3.04. The standard InChI is InChI=1S/C13H16F2N4/c1-3-19-8-17-18-12(19)7-16-9(2)13-10(14)5-4-6-11(13)15/h4-6,8-9,16H,3,7H2,1-2H3. The zero-order valence-corrected chi connectivity index (χ0v) is 10.9. The lowest BCUT2D eigenvalue weighted by Gasteiger charge is -2.15. The first-order chi connectivity index (χ1) is 9.13. The Kier molecular flexibility index (Phi) is 4.21. The molecule has 1 atom stereocenters. The number of hydrogen-bond acceptors (Lipinski definition) is 3. The predicted molar refractivity (Wildman–Crippen MR) is 67.3 cm³/mol. The Balaban J connectivity index is 2.08. The first-order valence-corrected chi connectivity index (χ1v) is 6.17. The van der Waals surface area contributed by atoms with E-state index in [4.69, 9.17) is 0 Å². The van der Waals surface area contributed by atoms with E-state index in [1.807, 2.05) is 11.5 Å². The zero-order chi connectivity index (χ0) is 13.8. The summed E-state index contributed by atoms with van der Waals surface area (Å²) >= 11 is 0. The molecular formula is C13H16F2N4. The zero-order valence-electron chi connectivity index (χ0n) is 10.9. The molecule has 0 saturated carbocycles. The average Bonchev–Trinajstić information content (AvgIpc) is 2.83. The molecule has 0 radical (unpaired) electrons. The molecule has 1 unspecified atom stereocenters. The number of rotatable bonds is 5. The number of hydrogen-bond donors (Lipinski definition) is 1. The van der Waals surface area contributed by atoms with Gasteiger partial charge in [0.05, 0.1) is 6.54 Å². The average molecular weight is 266 g/mol. The van der Waals surface area contributed by atoms with Gasteiger partial charge in [-0.05, 0) is 26.0 Å². The second-order valence-corrected chi connectivity index (χ2v) is 4.27. The summed E-state index contributed by atoms with van der Waals surface area (Å²) in [6, 6.07) is 3.42. The van der Waals surface area contributed by atoms with E-state index in [2.05, 4.69) is 15.5 Å². The van der Waals surface area contributed by atoms with E-state index in [9.17, 15) is 8.78 Å². The van der Waals surface area contributed by atoms with Crippen LogP contribution in [0.4, 0.5) is 8.78 Å². The fraction of sp³-hybridized carbons (Fsp3) is 0.385. The van der Waals surface area contributed by atoms with E-state index in [0.29, 0.717) is 6.54 Å². The molecule has 19 heavy (non-hydrogen) atoms. The number of aromatic nitrogens is 3. The molecule has 0 saturated heterocycles. The predicted octanol–water partition coefficient (Wildman–Crippen LogP) is 2.43. The van der Waals surface area contributed by atoms with Crippen LogP contribution in [0.3, 0.4) is 0 Å². The number of halogens is 2. The van der Waals surface area contributed by atoms with Crippen LogP contribution >= 0.6 is 0 Å². The maximum absolute atomic E-state index is 13.6. The summed E-state index contributed by atoms with van der Waals surface area (Å²) < 4.78 is 29.1. The van der Waals surface area contributed by atoms with E-state index in [1.165, 1.54) is 18.2 Å². The summed E-state index contributed by atoms with van der Waals surface area (Å²) in [6.45, 7) is 4.86. The van der Waals surface area contributed by atoms with Crippen molar-refractivity contribution in [3.05, 3.63) is 47.5 Å². The van der Waals surface area contributed by atoms with Crippen molar-refractivity contribution < 1.29 is 8.78 Å². The van der Waals surface area contributed by atoms with Crippen LogP contribution in [0.5, 0.6) is 0 Å². The summed E-state index contributed by atoms with van der Waals surface area (Å²) in [4.78, 5) is 0. The van der Waals surface area contributed by atoms with E-state index in [1.54, 1.807) is 13.3 Å². The maximum atomic E-state index is 13.6. The highest BCUT2D eigenvalue weighted by Crippen LogP contribution is 2.20. The number of nitrogens with zero attached hydrogens (tertiary/aromatic N) is 3. The molecule has 0 aliphatic carbocycles. The van der Waals surface area contributed by atoms with Gasteiger partial charge in [-0.25, -0.2) is 8.78 Å². The molecule has 4 nitrogen and oxygen atoms in total. The summed E-state index contributed by atoms with van der Waals surface area (Å²) in [6.07, 6.45) is 1.63. The topological polar surface area (TPSA) is 42.7 Å². The molecule has 0 bridgehead atoms. The normalized spacial score (nSPS) is 12.6. The molecule has 0 spiro atoms. The van der Waals surface area contributed by atoms with E-state index in [0.717, 1.165) is 12.4 Å². The molecular weight excluding hydrogens is 250 g/mol. The molecule has 0 aliphatic rings. The molecule has 1 aromatic carbocycles.